The molecule has 0 radical (unpaired) electrons. The summed E-state index contributed by atoms with van der Waals surface area (Å²) < 4.78 is 1.82. The fraction of sp³-hybridized carbons (Fsp3) is 0.200. The zero-order valence-electron chi connectivity index (χ0n) is 16.9. The number of rotatable bonds is 6. The topological polar surface area (TPSA) is 38.1 Å². The maximum atomic E-state index is 13.2. The van der Waals surface area contributed by atoms with Crippen molar-refractivity contribution in [1.29, 1.82) is 0 Å². The number of para-hydroxylation sites is 1. The third-order valence-corrected chi connectivity index (χ3v) is 5.10. The van der Waals surface area contributed by atoms with Gasteiger partial charge in [0.2, 0.25) is 0 Å². The molecule has 0 aliphatic rings. The number of hydrogen-bond acceptors (Lipinski definition) is 3. The van der Waals surface area contributed by atoms with Crippen molar-refractivity contribution < 1.29 is 0 Å². The first-order chi connectivity index (χ1) is 14.1. The molecule has 3 aromatic carbocycles. The lowest BCUT2D eigenvalue weighted by Crippen LogP contribution is -2.25. The van der Waals surface area contributed by atoms with Crippen LogP contribution in [0.4, 0.5) is 0 Å². The van der Waals surface area contributed by atoms with Gasteiger partial charge in [0.25, 0.3) is 5.56 Å². The van der Waals surface area contributed by atoms with Gasteiger partial charge in [-0.25, -0.2) is 4.98 Å². The summed E-state index contributed by atoms with van der Waals surface area (Å²) in [6.07, 6.45) is 0.891. The minimum absolute atomic E-state index is 0.0245. The molecule has 4 aromatic rings. The van der Waals surface area contributed by atoms with Crippen molar-refractivity contribution in [1.82, 2.24) is 14.5 Å². The Morgan fingerprint density at radius 3 is 2.14 bits per heavy atom. The molecule has 0 amide bonds. The zero-order valence-corrected chi connectivity index (χ0v) is 16.9. The van der Waals surface area contributed by atoms with E-state index in [-0.39, 0.29) is 5.56 Å². The molecule has 4 nitrogen and oxygen atoms in total. The summed E-state index contributed by atoms with van der Waals surface area (Å²) in [6.45, 7) is 1.57. The van der Waals surface area contributed by atoms with Crippen LogP contribution in [-0.4, -0.2) is 35.1 Å². The second-order valence-electron chi connectivity index (χ2n) is 7.51. The van der Waals surface area contributed by atoms with Crippen LogP contribution in [-0.2, 0) is 6.54 Å². The second-order valence-corrected chi connectivity index (χ2v) is 7.51. The fourth-order valence-electron chi connectivity index (χ4n) is 3.58. The molecule has 4 heteroatoms. The molecule has 0 saturated heterocycles. The van der Waals surface area contributed by atoms with Crippen LogP contribution in [0.3, 0.4) is 0 Å². The van der Waals surface area contributed by atoms with Gasteiger partial charge >= 0.3 is 0 Å². The Hall–Kier alpha value is -3.24. The molecule has 146 valence electrons. The normalized spacial score (nSPS) is 11.3. The molecule has 0 saturated carbocycles. The van der Waals surface area contributed by atoms with Crippen molar-refractivity contribution >= 4 is 10.9 Å². The molecular weight excluding hydrogens is 358 g/mol. The standard InChI is InChI=1S/C25H25N3O/c1-27(2)17-8-18-28-24(26-23-12-7-6-11-22(23)25(28)29)21-15-13-20(14-16-21)19-9-4-3-5-10-19/h3-7,9-16H,8,17-18H2,1-2H3. The number of aromatic nitrogens is 2. The number of fused-ring (bicyclic) bond motifs is 1. The van der Waals surface area contributed by atoms with E-state index in [4.69, 9.17) is 4.98 Å². The molecule has 0 aliphatic carbocycles. The third-order valence-electron chi connectivity index (χ3n) is 5.10. The lowest BCUT2D eigenvalue weighted by Gasteiger charge is -2.15. The first-order valence-electron chi connectivity index (χ1n) is 9.93. The van der Waals surface area contributed by atoms with Crippen LogP contribution in [0, 0.1) is 0 Å². The van der Waals surface area contributed by atoms with Crippen LogP contribution in [0.5, 0.6) is 0 Å². The largest absolute Gasteiger partial charge is 0.309 e. The summed E-state index contributed by atoms with van der Waals surface area (Å²) in [4.78, 5) is 20.2. The molecular formula is C25H25N3O. The summed E-state index contributed by atoms with van der Waals surface area (Å²) in [5.41, 5.74) is 4.04. The Balaban J connectivity index is 1.78. The Morgan fingerprint density at radius 2 is 1.41 bits per heavy atom. The van der Waals surface area contributed by atoms with E-state index in [1.165, 1.54) is 5.56 Å². The Morgan fingerprint density at radius 1 is 0.793 bits per heavy atom. The van der Waals surface area contributed by atoms with E-state index in [0.29, 0.717) is 11.9 Å². The molecule has 0 bridgehead atoms. The van der Waals surface area contributed by atoms with E-state index in [1.807, 2.05) is 61.1 Å². The van der Waals surface area contributed by atoms with Gasteiger partial charge in [-0.3, -0.25) is 9.36 Å². The van der Waals surface area contributed by atoms with Crippen molar-refractivity contribution in [2.75, 3.05) is 20.6 Å². The van der Waals surface area contributed by atoms with Gasteiger partial charge in [0.05, 0.1) is 10.9 Å². The predicted octanol–water partition coefficient (Wildman–Crippen LogP) is 4.68. The molecule has 0 aliphatic heterocycles. The number of nitrogens with zero attached hydrogens (tertiary/aromatic N) is 3. The lowest BCUT2D eigenvalue weighted by molar-refractivity contribution is 0.385. The smallest absolute Gasteiger partial charge is 0.261 e. The summed E-state index contributed by atoms with van der Waals surface area (Å²) >= 11 is 0. The highest BCUT2D eigenvalue weighted by molar-refractivity contribution is 5.80. The predicted molar refractivity (Wildman–Crippen MR) is 120 cm³/mol. The van der Waals surface area contributed by atoms with Crippen LogP contribution < -0.4 is 5.56 Å². The van der Waals surface area contributed by atoms with Gasteiger partial charge in [-0.2, -0.15) is 0 Å². The van der Waals surface area contributed by atoms with Crippen LogP contribution in [0.15, 0.2) is 83.7 Å². The minimum Gasteiger partial charge on any atom is -0.309 e. The van der Waals surface area contributed by atoms with Gasteiger partial charge in [-0.15, -0.1) is 0 Å². The maximum Gasteiger partial charge on any atom is 0.261 e. The number of hydrogen-bond donors (Lipinski definition) is 0. The monoisotopic (exact) mass is 383 g/mol. The van der Waals surface area contributed by atoms with E-state index in [2.05, 4.69) is 41.3 Å². The van der Waals surface area contributed by atoms with Crippen molar-refractivity contribution in [3.63, 3.8) is 0 Å². The summed E-state index contributed by atoms with van der Waals surface area (Å²) in [5.74, 6) is 0.729. The highest BCUT2D eigenvalue weighted by atomic mass is 16.1. The van der Waals surface area contributed by atoms with Gasteiger partial charge in [-0.1, -0.05) is 66.7 Å². The average Bonchev–Trinajstić information content (AvgIpc) is 2.76. The zero-order chi connectivity index (χ0) is 20.2. The SMILES string of the molecule is CN(C)CCCn1c(-c2ccc(-c3ccccc3)cc2)nc2ccccc2c1=O. The van der Waals surface area contributed by atoms with Crippen molar-refractivity contribution in [2.45, 2.75) is 13.0 Å². The average molecular weight is 383 g/mol. The Bertz CT molecular complexity index is 1160. The van der Waals surface area contributed by atoms with Gasteiger partial charge in [0.15, 0.2) is 0 Å². The molecule has 0 N–H and O–H groups in total. The van der Waals surface area contributed by atoms with Gasteiger partial charge in [0, 0.05) is 12.1 Å². The number of benzene rings is 3. The highest BCUT2D eigenvalue weighted by Gasteiger charge is 2.13. The van der Waals surface area contributed by atoms with Crippen LogP contribution in [0.25, 0.3) is 33.4 Å². The van der Waals surface area contributed by atoms with Crippen molar-refractivity contribution in [3.05, 3.63) is 89.2 Å². The van der Waals surface area contributed by atoms with Crippen molar-refractivity contribution in [3.8, 4) is 22.5 Å². The van der Waals surface area contributed by atoms with Crippen LogP contribution in [0.1, 0.15) is 6.42 Å². The molecule has 0 atom stereocenters. The van der Waals surface area contributed by atoms with Gasteiger partial charge in [-0.05, 0) is 50.3 Å². The molecule has 1 heterocycles. The first kappa shape index (κ1) is 19.1. The van der Waals surface area contributed by atoms with Gasteiger partial charge < -0.3 is 4.90 Å². The first-order valence-corrected chi connectivity index (χ1v) is 9.93. The summed E-state index contributed by atoms with van der Waals surface area (Å²) in [7, 11) is 4.09. The van der Waals surface area contributed by atoms with Gasteiger partial charge in [0.1, 0.15) is 5.82 Å². The molecule has 0 spiro atoms. The van der Waals surface area contributed by atoms with E-state index in [1.54, 1.807) is 0 Å². The molecule has 0 fully saturated rings. The van der Waals surface area contributed by atoms with E-state index in [0.717, 1.165) is 35.4 Å². The van der Waals surface area contributed by atoms with E-state index >= 15 is 0 Å². The van der Waals surface area contributed by atoms with E-state index < -0.39 is 0 Å². The van der Waals surface area contributed by atoms with Crippen LogP contribution in [0.2, 0.25) is 0 Å². The lowest BCUT2D eigenvalue weighted by atomic mass is 10.0. The quantitative estimate of drug-likeness (QED) is 0.485. The van der Waals surface area contributed by atoms with E-state index in [9.17, 15) is 4.79 Å². The maximum absolute atomic E-state index is 13.2. The highest BCUT2D eigenvalue weighted by Crippen LogP contribution is 2.24. The molecule has 1 aromatic heterocycles. The molecule has 4 rings (SSSR count). The fourth-order valence-corrected chi connectivity index (χ4v) is 3.58. The molecule has 29 heavy (non-hydrogen) atoms. The third kappa shape index (κ3) is 4.13. The summed E-state index contributed by atoms with van der Waals surface area (Å²) in [5, 5.41) is 0.669. The Kier molecular flexibility index (Phi) is 5.54. The second kappa shape index (κ2) is 8.41. The van der Waals surface area contributed by atoms with Crippen molar-refractivity contribution in [2.24, 2.45) is 0 Å². The molecule has 0 unspecified atom stereocenters. The Labute approximate surface area is 171 Å². The summed E-state index contributed by atoms with van der Waals surface area (Å²) in [6, 6.07) is 26.2. The minimum atomic E-state index is 0.0245. The van der Waals surface area contributed by atoms with Crippen LogP contribution >= 0.6 is 0 Å².